The molecule has 1 aliphatic rings. The molecule has 4 aromatic rings. The van der Waals surface area contributed by atoms with E-state index in [4.69, 9.17) is 19.2 Å². The zero-order chi connectivity index (χ0) is 25.8. The summed E-state index contributed by atoms with van der Waals surface area (Å²) in [7, 11) is 4.65. The number of amides is 2. The number of benzene rings is 3. The van der Waals surface area contributed by atoms with Crippen molar-refractivity contribution in [2.24, 2.45) is 0 Å². The van der Waals surface area contributed by atoms with Gasteiger partial charge in [0.2, 0.25) is 11.7 Å². The van der Waals surface area contributed by atoms with Crippen LogP contribution < -0.4 is 24.4 Å². The fourth-order valence-corrected chi connectivity index (χ4v) is 4.69. The number of rotatable bonds is 7. The maximum Gasteiger partial charge on any atom is 0.321 e. The van der Waals surface area contributed by atoms with Gasteiger partial charge in [-0.25, -0.2) is 9.78 Å². The molecule has 0 bridgehead atoms. The number of methoxy groups -OCH3 is 3. The van der Waals surface area contributed by atoms with Crippen LogP contribution in [0.4, 0.5) is 16.4 Å². The van der Waals surface area contributed by atoms with Crippen molar-refractivity contribution in [3.8, 4) is 17.2 Å². The summed E-state index contributed by atoms with van der Waals surface area (Å²) in [6.07, 6.45) is 0. The van der Waals surface area contributed by atoms with E-state index in [1.165, 1.54) is 5.56 Å². The fourth-order valence-electron chi connectivity index (χ4n) is 4.69. The van der Waals surface area contributed by atoms with Crippen molar-refractivity contribution < 1.29 is 19.0 Å². The number of nitrogens with one attached hydrogen (secondary N) is 1. The van der Waals surface area contributed by atoms with Crippen molar-refractivity contribution in [2.75, 3.05) is 57.7 Å². The average molecular weight is 502 g/mol. The number of hydrogen-bond acceptors (Lipinski definition) is 6. The van der Waals surface area contributed by atoms with Gasteiger partial charge in [0.05, 0.1) is 44.6 Å². The SMILES string of the molecule is COc1cc(NC(=O)N2CCN(c3nc4ccccc4n3Cc3ccccc3)CC2)cc(OC)c1OC. The molecule has 0 atom stereocenters. The molecule has 1 aromatic heterocycles. The van der Waals surface area contributed by atoms with E-state index in [9.17, 15) is 4.79 Å². The van der Waals surface area contributed by atoms with E-state index in [-0.39, 0.29) is 6.03 Å². The first-order valence-corrected chi connectivity index (χ1v) is 12.2. The Labute approximate surface area is 216 Å². The second-order valence-electron chi connectivity index (χ2n) is 8.79. The van der Waals surface area contributed by atoms with Gasteiger partial charge in [-0.15, -0.1) is 0 Å². The summed E-state index contributed by atoms with van der Waals surface area (Å²) >= 11 is 0. The molecule has 2 heterocycles. The minimum Gasteiger partial charge on any atom is -0.493 e. The highest BCUT2D eigenvalue weighted by molar-refractivity contribution is 5.90. The number of para-hydroxylation sites is 2. The summed E-state index contributed by atoms with van der Waals surface area (Å²) in [5, 5.41) is 2.96. The molecule has 0 radical (unpaired) electrons. The molecule has 1 fully saturated rings. The topological polar surface area (TPSA) is 81.1 Å². The Bertz CT molecular complexity index is 1360. The van der Waals surface area contributed by atoms with E-state index in [0.29, 0.717) is 49.1 Å². The van der Waals surface area contributed by atoms with Crippen molar-refractivity contribution >= 4 is 28.7 Å². The Morgan fingerprint density at radius 1 is 0.865 bits per heavy atom. The molecular weight excluding hydrogens is 470 g/mol. The molecule has 0 aliphatic carbocycles. The van der Waals surface area contributed by atoms with Crippen LogP contribution in [0.25, 0.3) is 11.0 Å². The standard InChI is InChI=1S/C28H31N5O4/c1-35-24-17-21(18-25(36-2)26(24)37-3)29-28(34)32-15-13-31(14-16-32)27-30-22-11-7-8-12-23(22)33(27)19-20-9-5-4-6-10-20/h4-12,17-18H,13-16,19H2,1-3H3,(H,29,34). The second-order valence-corrected chi connectivity index (χ2v) is 8.79. The number of aromatic nitrogens is 2. The molecule has 1 N–H and O–H groups in total. The smallest absolute Gasteiger partial charge is 0.321 e. The average Bonchev–Trinajstić information content (AvgIpc) is 3.31. The summed E-state index contributed by atoms with van der Waals surface area (Å²) < 4.78 is 18.4. The van der Waals surface area contributed by atoms with Gasteiger partial charge in [-0.1, -0.05) is 42.5 Å². The van der Waals surface area contributed by atoms with E-state index >= 15 is 0 Å². The summed E-state index contributed by atoms with van der Waals surface area (Å²) in [5.74, 6) is 2.38. The molecule has 1 saturated heterocycles. The highest BCUT2D eigenvalue weighted by Gasteiger charge is 2.25. The molecule has 0 saturated carbocycles. The second kappa shape index (κ2) is 10.7. The highest BCUT2D eigenvalue weighted by atomic mass is 16.5. The van der Waals surface area contributed by atoms with Gasteiger partial charge in [-0.3, -0.25) is 0 Å². The lowest BCUT2D eigenvalue weighted by Gasteiger charge is -2.35. The molecule has 1 aliphatic heterocycles. The lowest BCUT2D eigenvalue weighted by Crippen LogP contribution is -2.50. The van der Waals surface area contributed by atoms with Crippen LogP contribution in [0.3, 0.4) is 0 Å². The van der Waals surface area contributed by atoms with Gasteiger partial charge in [-0.2, -0.15) is 0 Å². The lowest BCUT2D eigenvalue weighted by molar-refractivity contribution is 0.208. The third-order valence-corrected chi connectivity index (χ3v) is 6.58. The summed E-state index contributed by atoms with van der Waals surface area (Å²) in [4.78, 5) is 22.1. The molecule has 9 heteroatoms. The number of nitrogens with zero attached hydrogens (tertiary/aromatic N) is 4. The summed E-state index contributed by atoms with van der Waals surface area (Å²) in [6, 6.07) is 21.9. The lowest BCUT2D eigenvalue weighted by atomic mass is 10.2. The molecule has 9 nitrogen and oxygen atoms in total. The number of fused-ring (bicyclic) bond motifs is 1. The minimum atomic E-state index is -0.174. The largest absolute Gasteiger partial charge is 0.493 e. The normalized spacial score (nSPS) is 13.5. The summed E-state index contributed by atoms with van der Waals surface area (Å²) in [6.45, 7) is 3.25. The number of carbonyl (C=O) groups is 1. The molecule has 192 valence electrons. The molecule has 5 rings (SSSR count). The Hall–Kier alpha value is -4.40. The maximum absolute atomic E-state index is 13.1. The van der Waals surface area contributed by atoms with Crippen LogP contribution in [0.15, 0.2) is 66.7 Å². The van der Waals surface area contributed by atoms with E-state index in [0.717, 1.165) is 23.5 Å². The monoisotopic (exact) mass is 501 g/mol. The number of carbonyl (C=O) groups excluding carboxylic acids is 1. The fraction of sp³-hybridized carbons (Fsp3) is 0.286. The minimum absolute atomic E-state index is 0.174. The number of ether oxygens (including phenoxy) is 3. The highest BCUT2D eigenvalue weighted by Crippen LogP contribution is 2.40. The molecule has 0 unspecified atom stereocenters. The van der Waals surface area contributed by atoms with Gasteiger partial charge in [0.25, 0.3) is 0 Å². The van der Waals surface area contributed by atoms with Gasteiger partial charge in [0.15, 0.2) is 11.5 Å². The van der Waals surface area contributed by atoms with Crippen LogP contribution in [0.5, 0.6) is 17.2 Å². The van der Waals surface area contributed by atoms with Gasteiger partial charge in [-0.05, 0) is 17.7 Å². The zero-order valence-electron chi connectivity index (χ0n) is 21.3. The van der Waals surface area contributed by atoms with Crippen LogP contribution in [-0.2, 0) is 6.54 Å². The van der Waals surface area contributed by atoms with Gasteiger partial charge >= 0.3 is 6.03 Å². The van der Waals surface area contributed by atoms with Crippen molar-refractivity contribution in [2.45, 2.75) is 6.54 Å². The van der Waals surface area contributed by atoms with Crippen LogP contribution in [0, 0.1) is 0 Å². The predicted octanol–water partition coefficient (Wildman–Crippen LogP) is 4.46. The Kier molecular flexibility index (Phi) is 7.02. The molecule has 2 amide bonds. The molecule has 37 heavy (non-hydrogen) atoms. The number of hydrogen-bond donors (Lipinski definition) is 1. The third kappa shape index (κ3) is 4.97. The van der Waals surface area contributed by atoms with E-state index in [1.54, 1.807) is 33.5 Å². The molecule has 3 aromatic carbocycles. The van der Waals surface area contributed by atoms with Crippen LogP contribution >= 0.6 is 0 Å². The quantitative estimate of drug-likeness (QED) is 0.403. The third-order valence-electron chi connectivity index (χ3n) is 6.58. The van der Waals surface area contributed by atoms with E-state index in [2.05, 4.69) is 45.1 Å². The van der Waals surface area contributed by atoms with Crippen molar-refractivity contribution in [1.82, 2.24) is 14.5 Å². The van der Waals surface area contributed by atoms with Crippen LogP contribution in [-0.4, -0.2) is 68.0 Å². The van der Waals surface area contributed by atoms with Crippen LogP contribution in [0.1, 0.15) is 5.56 Å². The molecular formula is C28H31N5O4. The van der Waals surface area contributed by atoms with Gasteiger partial charge in [0, 0.05) is 38.3 Å². The van der Waals surface area contributed by atoms with Crippen LogP contribution in [0.2, 0.25) is 0 Å². The zero-order valence-corrected chi connectivity index (χ0v) is 21.3. The first kappa shape index (κ1) is 24.3. The Morgan fingerprint density at radius 2 is 1.51 bits per heavy atom. The van der Waals surface area contributed by atoms with Crippen molar-refractivity contribution in [1.29, 1.82) is 0 Å². The Balaban J connectivity index is 1.30. The van der Waals surface area contributed by atoms with Gasteiger partial charge in [0.1, 0.15) is 0 Å². The first-order chi connectivity index (χ1) is 18.1. The summed E-state index contributed by atoms with van der Waals surface area (Å²) in [5.41, 5.74) is 3.86. The maximum atomic E-state index is 13.1. The van der Waals surface area contributed by atoms with E-state index in [1.807, 2.05) is 29.2 Å². The van der Waals surface area contributed by atoms with Crippen molar-refractivity contribution in [3.05, 3.63) is 72.3 Å². The first-order valence-electron chi connectivity index (χ1n) is 12.2. The number of imidazole rings is 1. The number of urea groups is 1. The molecule has 0 spiro atoms. The predicted molar refractivity (Wildman–Crippen MR) is 144 cm³/mol. The van der Waals surface area contributed by atoms with Crippen molar-refractivity contribution in [3.63, 3.8) is 0 Å². The number of anilines is 2. The Morgan fingerprint density at radius 3 is 2.16 bits per heavy atom. The van der Waals surface area contributed by atoms with E-state index < -0.39 is 0 Å². The van der Waals surface area contributed by atoms with Gasteiger partial charge < -0.3 is 33.9 Å². The number of piperazine rings is 1.